The number of aryl methyl sites for hydroxylation is 2. The number of anilines is 1. The van der Waals surface area contributed by atoms with Gasteiger partial charge in [0, 0.05) is 19.3 Å². The van der Waals surface area contributed by atoms with E-state index in [-0.39, 0.29) is 6.61 Å². The van der Waals surface area contributed by atoms with Crippen molar-refractivity contribution in [3.8, 4) is 0 Å². The summed E-state index contributed by atoms with van der Waals surface area (Å²) in [6.07, 6.45) is 4.10. The van der Waals surface area contributed by atoms with E-state index in [2.05, 4.69) is 27.0 Å². The summed E-state index contributed by atoms with van der Waals surface area (Å²) in [5, 5.41) is 9.10. The molecule has 1 atom stereocenters. The molecule has 0 saturated carbocycles. The Bertz CT molecular complexity index is 639. The summed E-state index contributed by atoms with van der Waals surface area (Å²) in [5.41, 5.74) is 4.31. The zero-order chi connectivity index (χ0) is 15.5. The normalized spacial score (nSPS) is 18.0. The summed E-state index contributed by atoms with van der Waals surface area (Å²) >= 11 is 0. The van der Waals surface area contributed by atoms with E-state index >= 15 is 0 Å². The molecule has 4 nitrogen and oxygen atoms in total. The molecule has 1 fully saturated rings. The maximum atomic E-state index is 9.10. The molecule has 0 spiro atoms. The SMILES string of the molecule is Cc1cnc(C)c(N2CCC(Cc3ccc(CO)cc3)C2)n1. The first kappa shape index (κ1) is 15.0. The Morgan fingerprint density at radius 3 is 2.64 bits per heavy atom. The van der Waals surface area contributed by atoms with Crippen LogP contribution in [0.3, 0.4) is 0 Å². The fraction of sp³-hybridized carbons (Fsp3) is 0.444. The molecule has 1 aliphatic rings. The Balaban J connectivity index is 1.65. The summed E-state index contributed by atoms with van der Waals surface area (Å²) in [7, 11) is 0. The summed E-state index contributed by atoms with van der Waals surface area (Å²) in [6, 6.07) is 8.29. The lowest BCUT2D eigenvalue weighted by Crippen LogP contribution is -2.23. The van der Waals surface area contributed by atoms with Gasteiger partial charge in [0.25, 0.3) is 0 Å². The first-order valence-electron chi connectivity index (χ1n) is 7.89. The number of hydrogen-bond acceptors (Lipinski definition) is 4. The Morgan fingerprint density at radius 1 is 1.18 bits per heavy atom. The standard InChI is InChI=1S/C18H23N3O/c1-13-10-19-14(2)18(20-13)21-8-7-17(11-21)9-15-3-5-16(12-22)6-4-15/h3-6,10,17,22H,7-9,11-12H2,1-2H3. The van der Waals surface area contributed by atoms with E-state index < -0.39 is 0 Å². The van der Waals surface area contributed by atoms with Gasteiger partial charge in [-0.15, -0.1) is 0 Å². The van der Waals surface area contributed by atoms with Crippen molar-refractivity contribution in [1.82, 2.24) is 9.97 Å². The number of nitrogens with zero attached hydrogens (tertiary/aromatic N) is 3. The molecule has 1 aromatic heterocycles. The summed E-state index contributed by atoms with van der Waals surface area (Å²) in [6.45, 7) is 6.23. The fourth-order valence-corrected chi connectivity index (χ4v) is 3.13. The predicted molar refractivity (Wildman–Crippen MR) is 87.9 cm³/mol. The first-order chi connectivity index (χ1) is 10.7. The van der Waals surface area contributed by atoms with E-state index in [4.69, 9.17) is 5.11 Å². The van der Waals surface area contributed by atoms with Gasteiger partial charge in [-0.1, -0.05) is 24.3 Å². The van der Waals surface area contributed by atoms with Crippen molar-refractivity contribution in [3.63, 3.8) is 0 Å². The van der Waals surface area contributed by atoms with Crippen LogP contribution in [0, 0.1) is 19.8 Å². The van der Waals surface area contributed by atoms with E-state index in [9.17, 15) is 0 Å². The highest BCUT2D eigenvalue weighted by atomic mass is 16.3. The molecule has 0 amide bonds. The van der Waals surface area contributed by atoms with Crippen LogP contribution in [0.2, 0.25) is 0 Å². The first-order valence-corrected chi connectivity index (χ1v) is 7.89. The second kappa shape index (κ2) is 6.44. The number of aliphatic hydroxyl groups is 1. The van der Waals surface area contributed by atoms with Gasteiger partial charge in [0.15, 0.2) is 0 Å². The number of aliphatic hydroxyl groups excluding tert-OH is 1. The Kier molecular flexibility index (Phi) is 4.39. The Hall–Kier alpha value is -1.94. The second-order valence-electron chi connectivity index (χ2n) is 6.20. The summed E-state index contributed by atoms with van der Waals surface area (Å²) in [5.74, 6) is 1.69. The molecule has 116 valence electrons. The van der Waals surface area contributed by atoms with Crippen molar-refractivity contribution in [2.24, 2.45) is 5.92 Å². The molecule has 1 aliphatic heterocycles. The largest absolute Gasteiger partial charge is 0.392 e. The van der Waals surface area contributed by atoms with E-state index in [0.717, 1.165) is 42.3 Å². The molecule has 0 bridgehead atoms. The van der Waals surface area contributed by atoms with Gasteiger partial charge in [-0.25, -0.2) is 4.98 Å². The van der Waals surface area contributed by atoms with Crippen LogP contribution in [0.15, 0.2) is 30.5 Å². The summed E-state index contributed by atoms with van der Waals surface area (Å²) < 4.78 is 0. The van der Waals surface area contributed by atoms with Gasteiger partial charge >= 0.3 is 0 Å². The molecule has 0 aliphatic carbocycles. The topological polar surface area (TPSA) is 49.2 Å². The Labute approximate surface area is 131 Å². The van der Waals surface area contributed by atoms with E-state index in [0.29, 0.717) is 5.92 Å². The molecule has 4 heteroatoms. The molecule has 1 saturated heterocycles. The minimum atomic E-state index is 0.114. The second-order valence-corrected chi connectivity index (χ2v) is 6.20. The van der Waals surface area contributed by atoms with Crippen LogP contribution < -0.4 is 4.90 Å². The van der Waals surface area contributed by atoms with Gasteiger partial charge in [-0.3, -0.25) is 4.98 Å². The molecule has 1 N–H and O–H groups in total. The average molecular weight is 297 g/mol. The third-order valence-electron chi connectivity index (χ3n) is 4.37. The van der Waals surface area contributed by atoms with Crippen LogP contribution in [0.25, 0.3) is 0 Å². The van der Waals surface area contributed by atoms with Crippen LogP contribution in [-0.2, 0) is 13.0 Å². The lowest BCUT2D eigenvalue weighted by atomic mass is 9.98. The van der Waals surface area contributed by atoms with E-state index in [1.807, 2.05) is 32.2 Å². The highest BCUT2D eigenvalue weighted by molar-refractivity contribution is 5.44. The molecule has 1 aromatic carbocycles. The predicted octanol–water partition coefficient (Wildman–Crippen LogP) is 2.65. The van der Waals surface area contributed by atoms with Crippen LogP contribution in [0.1, 0.15) is 28.9 Å². The molecule has 0 radical (unpaired) electrons. The maximum absolute atomic E-state index is 9.10. The van der Waals surface area contributed by atoms with Gasteiger partial charge in [0.2, 0.25) is 0 Å². The highest BCUT2D eigenvalue weighted by Gasteiger charge is 2.25. The van der Waals surface area contributed by atoms with Gasteiger partial charge < -0.3 is 10.0 Å². The molecular formula is C18H23N3O. The minimum Gasteiger partial charge on any atom is -0.392 e. The minimum absolute atomic E-state index is 0.114. The van der Waals surface area contributed by atoms with Gasteiger partial charge in [-0.05, 0) is 43.7 Å². The third kappa shape index (κ3) is 3.28. The maximum Gasteiger partial charge on any atom is 0.150 e. The number of aromatic nitrogens is 2. The molecule has 3 rings (SSSR count). The van der Waals surface area contributed by atoms with Crippen molar-refractivity contribution < 1.29 is 5.11 Å². The lowest BCUT2D eigenvalue weighted by Gasteiger charge is -2.19. The van der Waals surface area contributed by atoms with Crippen LogP contribution in [0.4, 0.5) is 5.82 Å². The van der Waals surface area contributed by atoms with Crippen molar-refractivity contribution in [2.75, 3.05) is 18.0 Å². The lowest BCUT2D eigenvalue weighted by molar-refractivity contribution is 0.282. The molecule has 2 aromatic rings. The zero-order valence-corrected chi connectivity index (χ0v) is 13.3. The van der Waals surface area contributed by atoms with E-state index in [1.165, 1.54) is 12.0 Å². The number of benzene rings is 1. The zero-order valence-electron chi connectivity index (χ0n) is 13.3. The van der Waals surface area contributed by atoms with Crippen molar-refractivity contribution >= 4 is 5.82 Å². The molecular weight excluding hydrogens is 274 g/mol. The van der Waals surface area contributed by atoms with Gasteiger partial charge in [-0.2, -0.15) is 0 Å². The van der Waals surface area contributed by atoms with Gasteiger partial charge in [0.1, 0.15) is 5.82 Å². The molecule has 22 heavy (non-hydrogen) atoms. The smallest absolute Gasteiger partial charge is 0.150 e. The van der Waals surface area contributed by atoms with Gasteiger partial charge in [0.05, 0.1) is 18.0 Å². The van der Waals surface area contributed by atoms with Crippen LogP contribution in [0.5, 0.6) is 0 Å². The molecule has 1 unspecified atom stereocenters. The van der Waals surface area contributed by atoms with E-state index in [1.54, 1.807) is 0 Å². The third-order valence-corrected chi connectivity index (χ3v) is 4.37. The Morgan fingerprint density at radius 2 is 1.91 bits per heavy atom. The average Bonchev–Trinajstić information content (AvgIpc) is 2.99. The van der Waals surface area contributed by atoms with Crippen LogP contribution >= 0.6 is 0 Å². The van der Waals surface area contributed by atoms with Crippen molar-refractivity contribution in [3.05, 3.63) is 53.0 Å². The summed E-state index contributed by atoms with van der Waals surface area (Å²) in [4.78, 5) is 11.4. The number of rotatable bonds is 4. The van der Waals surface area contributed by atoms with Crippen LogP contribution in [-0.4, -0.2) is 28.2 Å². The van der Waals surface area contributed by atoms with Crippen molar-refractivity contribution in [2.45, 2.75) is 33.3 Å². The highest BCUT2D eigenvalue weighted by Crippen LogP contribution is 2.26. The quantitative estimate of drug-likeness (QED) is 0.942. The number of hydrogen-bond donors (Lipinski definition) is 1. The molecule has 2 heterocycles. The van der Waals surface area contributed by atoms with Crippen molar-refractivity contribution in [1.29, 1.82) is 0 Å². The fourth-order valence-electron chi connectivity index (χ4n) is 3.13. The monoisotopic (exact) mass is 297 g/mol.